The SMILES string of the molecule is Cc1nc([C@@](C)([SiH3])c2cc(Cl)c(F)c(C(=O)N[C@@](C)([SiH3])c3ccccc3)c2OC(C)C)n2ccnc(N)c12. The number of imidazole rings is 1. The van der Waals surface area contributed by atoms with Gasteiger partial charge in [-0.1, -0.05) is 48.9 Å². The number of carbonyl (C=O) groups excluding carboxylic acids is 1. The summed E-state index contributed by atoms with van der Waals surface area (Å²) in [6, 6.07) is 11.2. The average molecular weight is 570 g/mol. The van der Waals surface area contributed by atoms with Gasteiger partial charge in [-0.3, -0.25) is 9.20 Å². The number of nitrogens with zero attached hydrogens (tertiary/aromatic N) is 3. The maximum atomic E-state index is 15.7. The van der Waals surface area contributed by atoms with Crippen LogP contribution in [0.4, 0.5) is 10.2 Å². The lowest BCUT2D eigenvalue weighted by Gasteiger charge is -2.31. The van der Waals surface area contributed by atoms with Crippen LogP contribution in [0.25, 0.3) is 5.52 Å². The molecule has 2 heterocycles. The van der Waals surface area contributed by atoms with Gasteiger partial charge in [0, 0.05) is 48.6 Å². The first-order valence-electron chi connectivity index (χ1n) is 12.4. The second-order valence-corrected chi connectivity index (χ2v) is 15.1. The second kappa shape index (κ2) is 10.2. The van der Waals surface area contributed by atoms with Crippen LogP contribution in [-0.2, 0) is 10.2 Å². The predicted molar refractivity (Wildman–Crippen MR) is 157 cm³/mol. The zero-order valence-corrected chi connectivity index (χ0v) is 27.4. The third-order valence-corrected chi connectivity index (χ3v) is 8.75. The Morgan fingerprint density at radius 3 is 2.53 bits per heavy atom. The Morgan fingerprint density at radius 2 is 1.89 bits per heavy atom. The second-order valence-electron chi connectivity index (χ2n) is 10.7. The van der Waals surface area contributed by atoms with Crippen LogP contribution in [0.3, 0.4) is 0 Å². The highest BCUT2D eigenvalue weighted by molar-refractivity contribution is 6.31. The summed E-state index contributed by atoms with van der Waals surface area (Å²) in [6.45, 7) is 9.46. The van der Waals surface area contributed by atoms with E-state index in [2.05, 4.69) is 10.3 Å². The van der Waals surface area contributed by atoms with E-state index < -0.39 is 21.9 Å². The molecular weight excluding hydrogens is 537 g/mol. The van der Waals surface area contributed by atoms with Gasteiger partial charge in [0.2, 0.25) is 0 Å². The van der Waals surface area contributed by atoms with Crippen molar-refractivity contribution in [3.05, 3.63) is 87.8 Å². The van der Waals surface area contributed by atoms with Gasteiger partial charge in [-0.2, -0.15) is 0 Å². The highest BCUT2D eigenvalue weighted by Gasteiger charge is 2.37. The number of benzene rings is 2. The minimum Gasteiger partial charge on any atom is -0.490 e. The number of ether oxygens (including phenoxy) is 1. The molecular formula is C27H33ClFN5O2Si2. The Morgan fingerprint density at radius 1 is 1.24 bits per heavy atom. The minimum absolute atomic E-state index is 0.156. The summed E-state index contributed by atoms with van der Waals surface area (Å²) in [4.78, 5) is 22.8. The van der Waals surface area contributed by atoms with Crippen molar-refractivity contribution in [2.75, 3.05) is 5.73 Å². The van der Waals surface area contributed by atoms with Crippen molar-refractivity contribution in [3.8, 4) is 5.75 Å². The highest BCUT2D eigenvalue weighted by Crippen LogP contribution is 2.42. The third-order valence-electron chi connectivity index (χ3n) is 6.66. The van der Waals surface area contributed by atoms with E-state index in [0.29, 0.717) is 43.2 Å². The van der Waals surface area contributed by atoms with E-state index in [0.717, 1.165) is 11.3 Å². The average Bonchev–Trinajstić information content (AvgIpc) is 3.19. The van der Waals surface area contributed by atoms with Crippen LogP contribution in [0, 0.1) is 12.7 Å². The largest absolute Gasteiger partial charge is 0.490 e. The van der Waals surface area contributed by atoms with Crippen LogP contribution >= 0.6 is 11.6 Å². The van der Waals surface area contributed by atoms with Crippen LogP contribution in [0.5, 0.6) is 5.75 Å². The summed E-state index contributed by atoms with van der Waals surface area (Å²) in [7, 11) is 1.12. The van der Waals surface area contributed by atoms with Crippen molar-refractivity contribution in [1.29, 1.82) is 0 Å². The fourth-order valence-electron chi connectivity index (χ4n) is 4.71. The smallest absolute Gasteiger partial charge is 0.258 e. The zero-order valence-electron chi connectivity index (χ0n) is 22.7. The number of hydrogen-bond donors (Lipinski definition) is 2. The molecule has 0 spiro atoms. The number of nitrogens with one attached hydrogen (secondary N) is 1. The standard InChI is InChI=1S/C27H33ClFN5O2Si2/c1-14(2)36-22-17(26(4,37)25-32-15(3)21-23(30)31-11-12-34(21)25)13-18(28)20(29)19(22)24(35)33-27(5,38)16-9-7-6-8-10-16/h6-14H,1-5,37-38H3,(H2,30,31)(H,33,35)/t26-,27-/m0/s1. The molecule has 2 atom stereocenters. The van der Waals surface area contributed by atoms with Crippen molar-refractivity contribution in [2.45, 2.75) is 50.9 Å². The molecule has 200 valence electrons. The number of halogens is 2. The van der Waals surface area contributed by atoms with E-state index in [-0.39, 0.29) is 22.4 Å². The third kappa shape index (κ3) is 4.95. The number of hydrogen-bond acceptors (Lipinski definition) is 5. The molecule has 1 amide bonds. The fraction of sp³-hybridized carbons (Fsp3) is 0.296. The van der Waals surface area contributed by atoms with E-state index in [1.165, 1.54) is 0 Å². The quantitative estimate of drug-likeness (QED) is 0.334. The fourth-order valence-corrected chi connectivity index (χ4v) is 6.20. The Bertz CT molecular complexity index is 1520. The zero-order chi connectivity index (χ0) is 28.0. The highest BCUT2D eigenvalue weighted by atomic mass is 35.5. The first kappa shape index (κ1) is 27.8. The summed E-state index contributed by atoms with van der Waals surface area (Å²) >= 11 is 6.46. The number of rotatable bonds is 7. The molecule has 0 radical (unpaired) electrons. The van der Waals surface area contributed by atoms with Crippen LogP contribution < -0.4 is 15.8 Å². The summed E-state index contributed by atoms with van der Waals surface area (Å²) in [5, 5.41) is 1.51. The Labute approximate surface area is 232 Å². The molecule has 0 saturated carbocycles. The van der Waals surface area contributed by atoms with Gasteiger partial charge in [-0.15, -0.1) is 0 Å². The van der Waals surface area contributed by atoms with Crippen LogP contribution in [0.1, 0.15) is 60.7 Å². The molecule has 4 aromatic rings. The maximum Gasteiger partial charge on any atom is 0.258 e. The van der Waals surface area contributed by atoms with Gasteiger partial charge in [0.05, 0.1) is 16.8 Å². The first-order chi connectivity index (χ1) is 17.8. The maximum absolute atomic E-state index is 15.7. The molecule has 11 heteroatoms. The van der Waals surface area contributed by atoms with Gasteiger partial charge < -0.3 is 15.8 Å². The van der Waals surface area contributed by atoms with E-state index in [1.807, 2.05) is 69.4 Å². The summed E-state index contributed by atoms with van der Waals surface area (Å²) in [5.74, 6) is -0.184. The Balaban J connectivity index is 1.92. The van der Waals surface area contributed by atoms with Gasteiger partial charge in [-0.05, 0) is 39.3 Å². The van der Waals surface area contributed by atoms with Gasteiger partial charge in [-0.25, -0.2) is 14.4 Å². The van der Waals surface area contributed by atoms with Crippen molar-refractivity contribution in [2.24, 2.45) is 0 Å². The van der Waals surface area contributed by atoms with Crippen molar-refractivity contribution in [3.63, 3.8) is 0 Å². The van der Waals surface area contributed by atoms with Gasteiger partial charge in [0.25, 0.3) is 5.91 Å². The molecule has 0 unspecified atom stereocenters. The molecule has 0 bridgehead atoms. The predicted octanol–water partition coefficient (Wildman–Crippen LogP) is 2.80. The van der Waals surface area contributed by atoms with Crippen LogP contribution in [-0.4, -0.2) is 46.9 Å². The Kier molecular flexibility index (Phi) is 7.43. The number of aromatic nitrogens is 3. The number of nitrogens with two attached hydrogens (primary N) is 1. The molecule has 2 aromatic carbocycles. The number of carbonyl (C=O) groups is 1. The lowest BCUT2D eigenvalue weighted by atomic mass is 9.94. The molecule has 7 nitrogen and oxygen atoms in total. The van der Waals surface area contributed by atoms with Gasteiger partial charge in [0.1, 0.15) is 28.5 Å². The number of anilines is 1. The van der Waals surface area contributed by atoms with E-state index in [4.69, 9.17) is 27.1 Å². The molecule has 2 aromatic heterocycles. The van der Waals surface area contributed by atoms with E-state index in [9.17, 15) is 4.79 Å². The van der Waals surface area contributed by atoms with Crippen LogP contribution in [0.15, 0.2) is 48.8 Å². The minimum atomic E-state index is -0.816. The molecule has 4 rings (SSSR count). The number of fused-ring (bicyclic) bond motifs is 1. The molecule has 0 saturated heterocycles. The van der Waals surface area contributed by atoms with Crippen molar-refractivity contribution < 1.29 is 13.9 Å². The molecule has 0 fully saturated rings. The number of nitrogen functional groups attached to an aromatic ring is 1. The first-order valence-corrected chi connectivity index (χ1v) is 14.8. The van der Waals surface area contributed by atoms with E-state index >= 15 is 4.39 Å². The molecule has 0 aliphatic carbocycles. The summed E-state index contributed by atoms with van der Waals surface area (Å²) in [5.41, 5.74) is 8.90. The molecule has 3 N–H and O–H groups in total. The normalized spacial score (nSPS) is 14.9. The monoisotopic (exact) mass is 569 g/mol. The Hall–Kier alpha value is -3.22. The number of amides is 1. The molecule has 0 aliphatic rings. The van der Waals surface area contributed by atoms with Gasteiger partial charge >= 0.3 is 0 Å². The van der Waals surface area contributed by atoms with Crippen LogP contribution in [0.2, 0.25) is 5.02 Å². The number of aryl methyl sites for hydroxylation is 1. The van der Waals surface area contributed by atoms with Crippen molar-refractivity contribution in [1.82, 2.24) is 19.7 Å². The topological polar surface area (TPSA) is 94.5 Å². The summed E-state index contributed by atoms with van der Waals surface area (Å²) in [6.07, 6.45) is 3.09. The molecule has 38 heavy (non-hydrogen) atoms. The van der Waals surface area contributed by atoms with Crippen molar-refractivity contribution >= 4 is 49.3 Å². The van der Waals surface area contributed by atoms with Gasteiger partial charge in [0.15, 0.2) is 5.82 Å². The summed E-state index contributed by atoms with van der Waals surface area (Å²) < 4.78 is 23.8. The van der Waals surface area contributed by atoms with E-state index in [1.54, 1.807) is 18.5 Å². The molecule has 0 aliphatic heterocycles. The lowest BCUT2D eigenvalue weighted by molar-refractivity contribution is 0.0919. The lowest BCUT2D eigenvalue weighted by Crippen LogP contribution is -2.44.